The molecule has 0 aliphatic heterocycles. The monoisotopic (exact) mass is 369 g/mol. The highest BCUT2D eigenvalue weighted by molar-refractivity contribution is 5.58. The Bertz CT molecular complexity index is 695. The lowest BCUT2D eigenvalue weighted by atomic mass is 9.83. The van der Waals surface area contributed by atoms with E-state index in [4.69, 9.17) is 4.98 Å². The van der Waals surface area contributed by atoms with E-state index in [1.807, 2.05) is 18.3 Å². The van der Waals surface area contributed by atoms with Crippen LogP contribution in [0.3, 0.4) is 0 Å². The molecule has 3 nitrogen and oxygen atoms in total. The molecule has 27 heavy (non-hydrogen) atoms. The van der Waals surface area contributed by atoms with Crippen LogP contribution in [0.1, 0.15) is 82.5 Å². The summed E-state index contributed by atoms with van der Waals surface area (Å²) in [6.45, 7) is 0. The highest BCUT2D eigenvalue weighted by atomic mass is 19.1. The lowest BCUT2D eigenvalue weighted by Crippen LogP contribution is -2.38. The molecular weight excluding hydrogens is 337 g/mol. The van der Waals surface area contributed by atoms with Crippen molar-refractivity contribution < 1.29 is 4.39 Å². The Balaban J connectivity index is 1.54. The van der Waals surface area contributed by atoms with E-state index in [0.717, 1.165) is 17.1 Å². The van der Waals surface area contributed by atoms with Gasteiger partial charge in [0.2, 0.25) is 0 Å². The van der Waals surface area contributed by atoms with Crippen molar-refractivity contribution in [3.63, 3.8) is 0 Å². The van der Waals surface area contributed by atoms with Crippen LogP contribution in [0, 0.1) is 11.7 Å². The molecule has 2 fully saturated rings. The van der Waals surface area contributed by atoms with E-state index in [1.54, 1.807) is 0 Å². The summed E-state index contributed by atoms with van der Waals surface area (Å²) in [5.41, 5.74) is 1.97. The van der Waals surface area contributed by atoms with Gasteiger partial charge in [0, 0.05) is 6.04 Å². The Hall–Kier alpha value is -1.68. The van der Waals surface area contributed by atoms with E-state index in [0.29, 0.717) is 18.0 Å². The highest BCUT2D eigenvalue weighted by Crippen LogP contribution is 2.35. The van der Waals surface area contributed by atoms with E-state index in [9.17, 15) is 4.39 Å². The Morgan fingerprint density at radius 2 is 1.52 bits per heavy atom. The van der Waals surface area contributed by atoms with Gasteiger partial charge in [0.1, 0.15) is 11.6 Å². The Morgan fingerprint density at radius 3 is 2.22 bits per heavy atom. The average Bonchev–Trinajstić information content (AvgIpc) is 3.04. The highest BCUT2D eigenvalue weighted by Gasteiger charge is 2.29. The number of H-pyrrole nitrogens is 1. The van der Waals surface area contributed by atoms with Crippen LogP contribution in [0.2, 0.25) is 0 Å². The minimum absolute atomic E-state index is 0.200. The van der Waals surface area contributed by atoms with Crippen LogP contribution >= 0.6 is 0 Å². The van der Waals surface area contributed by atoms with Gasteiger partial charge in [-0.25, -0.2) is 9.37 Å². The number of aromatic amines is 1. The summed E-state index contributed by atoms with van der Waals surface area (Å²) in [5.74, 6) is 1.52. The van der Waals surface area contributed by atoms with Crippen molar-refractivity contribution in [2.24, 2.45) is 5.92 Å². The summed E-state index contributed by atoms with van der Waals surface area (Å²) < 4.78 is 13.2. The first-order chi connectivity index (χ1) is 13.3. The SMILES string of the molecule is Fc1ccc(-c2cnc([C@@H](NC3CCCCCC3)C3CCCCC3)[nH]2)cc1. The molecule has 1 heterocycles. The molecule has 2 N–H and O–H groups in total. The Labute approximate surface area is 162 Å². The van der Waals surface area contributed by atoms with Crippen molar-refractivity contribution in [2.75, 3.05) is 0 Å². The molecule has 2 saturated carbocycles. The third-order valence-electron chi connectivity index (χ3n) is 6.44. The lowest BCUT2D eigenvalue weighted by Gasteiger charge is -2.33. The smallest absolute Gasteiger partial charge is 0.124 e. The van der Waals surface area contributed by atoms with E-state index in [2.05, 4.69) is 10.3 Å². The zero-order valence-electron chi connectivity index (χ0n) is 16.2. The second-order valence-corrected chi connectivity index (χ2v) is 8.42. The van der Waals surface area contributed by atoms with Gasteiger partial charge in [0.15, 0.2) is 0 Å². The van der Waals surface area contributed by atoms with Crippen molar-refractivity contribution in [3.05, 3.63) is 42.1 Å². The first kappa shape index (κ1) is 18.7. The molecule has 0 unspecified atom stereocenters. The molecule has 146 valence electrons. The number of nitrogens with one attached hydrogen (secondary N) is 2. The maximum absolute atomic E-state index is 13.2. The molecule has 1 atom stereocenters. The van der Waals surface area contributed by atoms with Gasteiger partial charge in [-0.1, -0.05) is 44.9 Å². The summed E-state index contributed by atoms with van der Waals surface area (Å²) in [6, 6.07) is 7.58. The zero-order valence-corrected chi connectivity index (χ0v) is 16.2. The van der Waals surface area contributed by atoms with Crippen molar-refractivity contribution >= 4 is 0 Å². The summed E-state index contributed by atoms with van der Waals surface area (Å²) in [5, 5.41) is 4.00. The zero-order chi connectivity index (χ0) is 18.5. The summed E-state index contributed by atoms with van der Waals surface area (Å²) in [6.07, 6.45) is 16.5. The molecule has 0 saturated heterocycles. The van der Waals surface area contributed by atoms with Crippen LogP contribution in [0.15, 0.2) is 30.5 Å². The molecule has 2 aliphatic rings. The van der Waals surface area contributed by atoms with Gasteiger partial charge >= 0.3 is 0 Å². The van der Waals surface area contributed by atoms with Crippen molar-refractivity contribution in [2.45, 2.75) is 82.7 Å². The van der Waals surface area contributed by atoms with E-state index >= 15 is 0 Å². The lowest BCUT2D eigenvalue weighted by molar-refractivity contribution is 0.239. The number of hydrogen-bond acceptors (Lipinski definition) is 2. The number of rotatable bonds is 5. The maximum atomic E-state index is 13.2. The predicted octanol–water partition coefficient (Wildman–Crippen LogP) is 6.15. The van der Waals surface area contributed by atoms with Crippen molar-refractivity contribution in [3.8, 4) is 11.3 Å². The number of aromatic nitrogens is 2. The molecule has 2 aliphatic carbocycles. The second kappa shape index (κ2) is 9.01. The predicted molar refractivity (Wildman–Crippen MR) is 108 cm³/mol. The quantitative estimate of drug-likeness (QED) is 0.621. The van der Waals surface area contributed by atoms with E-state index in [1.165, 1.54) is 82.8 Å². The minimum atomic E-state index is -0.200. The molecule has 0 bridgehead atoms. The van der Waals surface area contributed by atoms with Gasteiger partial charge in [-0.3, -0.25) is 0 Å². The molecule has 4 rings (SSSR count). The van der Waals surface area contributed by atoms with E-state index in [-0.39, 0.29) is 5.82 Å². The summed E-state index contributed by atoms with van der Waals surface area (Å²) in [4.78, 5) is 8.32. The van der Waals surface area contributed by atoms with Crippen LogP contribution in [0.5, 0.6) is 0 Å². The van der Waals surface area contributed by atoms with Gasteiger partial charge in [0.05, 0.1) is 17.9 Å². The topological polar surface area (TPSA) is 40.7 Å². The summed E-state index contributed by atoms with van der Waals surface area (Å²) in [7, 11) is 0. The standard InChI is InChI=1S/C23H32FN3/c24-19-14-12-17(13-15-19)21-16-25-23(27-21)22(18-8-4-3-5-9-18)26-20-10-6-1-2-7-11-20/h12-16,18,20,22,26H,1-11H2,(H,25,27)/t22-/m0/s1. The maximum Gasteiger partial charge on any atom is 0.124 e. The van der Waals surface area contributed by atoms with Gasteiger partial charge < -0.3 is 10.3 Å². The average molecular weight is 370 g/mol. The fourth-order valence-electron chi connectivity index (χ4n) is 4.88. The van der Waals surface area contributed by atoms with Gasteiger partial charge in [-0.2, -0.15) is 0 Å². The third-order valence-corrected chi connectivity index (χ3v) is 6.44. The second-order valence-electron chi connectivity index (χ2n) is 8.42. The van der Waals surface area contributed by atoms with E-state index < -0.39 is 0 Å². The molecule has 0 spiro atoms. The first-order valence-electron chi connectivity index (χ1n) is 10.9. The third kappa shape index (κ3) is 4.78. The van der Waals surface area contributed by atoms with Crippen LogP contribution in [-0.2, 0) is 0 Å². The minimum Gasteiger partial charge on any atom is -0.341 e. The molecular formula is C23H32FN3. The fraction of sp³-hybridized carbons (Fsp3) is 0.609. The number of halogens is 1. The molecule has 1 aromatic heterocycles. The molecule has 1 aromatic carbocycles. The Morgan fingerprint density at radius 1 is 0.889 bits per heavy atom. The van der Waals surface area contributed by atoms with Crippen LogP contribution < -0.4 is 5.32 Å². The van der Waals surface area contributed by atoms with Gasteiger partial charge in [0.25, 0.3) is 0 Å². The molecule has 2 aromatic rings. The van der Waals surface area contributed by atoms with Crippen LogP contribution in [-0.4, -0.2) is 16.0 Å². The van der Waals surface area contributed by atoms with Gasteiger partial charge in [-0.05, 0) is 61.4 Å². The van der Waals surface area contributed by atoms with Crippen LogP contribution in [0.25, 0.3) is 11.3 Å². The fourth-order valence-corrected chi connectivity index (χ4v) is 4.88. The summed E-state index contributed by atoms with van der Waals surface area (Å²) >= 11 is 0. The number of benzene rings is 1. The molecule has 4 heteroatoms. The van der Waals surface area contributed by atoms with Crippen molar-refractivity contribution in [1.82, 2.24) is 15.3 Å². The largest absolute Gasteiger partial charge is 0.341 e. The van der Waals surface area contributed by atoms with Crippen LogP contribution in [0.4, 0.5) is 4.39 Å². The number of imidazole rings is 1. The number of hydrogen-bond donors (Lipinski definition) is 2. The number of nitrogens with zero attached hydrogens (tertiary/aromatic N) is 1. The van der Waals surface area contributed by atoms with Gasteiger partial charge in [-0.15, -0.1) is 0 Å². The molecule has 0 amide bonds. The normalized spacial score (nSPS) is 21.1. The Kier molecular flexibility index (Phi) is 6.23. The molecule has 0 radical (unpaired) electrons. The van der Waals surface area contributed by atoms with Crippen molar-refractivity contribution in [1.29, 1.82) is 0 Å². The first-order valence-corrected chi connectivity index (χ1v) is 10.9.